The van der Waals surface area contributed by atoms with E-state index in [1.165, 1.54) is 17.7 Å². The molecule has 104 valence electrons. The molecule has 20 heavy (non-hydrogen) atoms. The highest BCUT2D eigenvalue weighted by Gasteiger charge is 2.26. The second-order valence-electron chi connectivity index (χ2n) is 5.60. The number of fused-ring (bicyclic) bond motifs is 2. The third-order valence-electron chi connectivity index (χ3n) is 4.25. The number of para-hydroxylation sites is 1. The first kappa shape index (κ1) is 12.4. The largest absolute Gasteiger partial charge is 0.388 e. The number of rotatable bonds is 1. The third-order valence-corrected chi connectivity index (χ3v) is 5.47. The SMILES string of the molecule is OC1CCCc2nc(N3CCCc4ccccc43)sc21. The van der Waals surface area contributed by atoms with Crippen molar-refractivity contribution in [3.63, 3.8) is 0 Å². The summed E-state index contributed by atoms with van der Waals surface area (Å²) in [7, 11) is 0. The van der Waals surface area contributed by atoms with Crippen molar-refractivity contribution in [3.8, 4) is 0 Å². The molecule has 3 nitrogen and oxygen atoms in total. The minimum atomic E-state index is -0.301. The fraction of sp³-hybridized carbons (Fsp3) is 0.438. The predicted molar refractivity (Wildman–Crippen MR) is 81.8 cm³/mol. The van der Waals surface area contributed by atoms with Crippen LogP contribution in [-0.4, -0.2) is 16.6 Å². The number of aliphatic hydroxyl groups is 1. The van der Waals surface area contributed by atoms with Crippen molar-refractivity contribution in [2.75, 3.05) is 11.4 Å². The van der Waals surface area contributed by atoms with E-state index in [0.29, 0.717) is 0 Å². The lowest BCUT2D eigenvalue weighted by atomic mass is 10.0. The molecule has 1 aliphatic carbocycles. The zero-order chi connectivity index (χ0) is 13.5. The Bertz CT molecular complexity index is 637. The van der Waals surface area contributed by atoms with Crippen LogP contribution in [0.25, 0.3) is 0 Å². The van der Waals surface area contributed by atoms with Gasteiger partial charge in [0.25, 0.3) is 0 Å². The Labute approximate surface area is 122 Å². The summed E-state index contributed by atoms with van der Waals surface area (Å²) in [5.74, 6) is 0. The number of aromatic nitrogens is 1. The van der Waals surface area contributed by atoms with Gasteiger partial charge >= 0.3 is 0 Å². The molecule has 4 heteroatoms. The molecule has 4 rings (SSSR count). The van der Waals surface area contributed by atoms with E-state index in [4.69, 9.17) is 4.98 Å². The molecule has 0 saturated heterocycles. The van der Waals surface area contributed by atoms with Crippen LogP contribution >= 0.6 is 11.3 Å². The highest BCUT2D eigenvalue weighted by molar-refractivity contribution is 7.15. The Balaban J connectivity index is 1.76. The molecule has 2 aliphatic rings. The number of aryl methyl sites for hydroxylation is 2. The smallest absolute Gasteiger partial charge is 0.190 e. The van der Waals surface area contributed by atoms with Crippen LogP contribution < -0.4 is 4.90 Å². The molecule has 0 spiro atoms. The molecule has 1 atom stereocenters. The molecule has 1 aliphatic heterocycles. The molecular weight excluding hydrogens is 268 g/mol. The molecule has 1 aromatic carbocycles. The van der Waals surface area contributed by atoms with Crippen LogP contribution in [0.4, 0.5) is 10.8 Å². The van der Waals surface area contributed by atoms with Crippen LogP contribution in [0, 0.1) is 0 Å². The quantitative estimate of drug-likeness (QED) is 0.870. The first-order valence-electron chi connectivity index (χ1n) is 7.36. The lowest BCUT2D eigenvalue weighted by Crippen LogP contribution is -2.24. The zero-order valence-corrected chi connectivity index (χ0v) is 12.2. The molecule has 0 fully saturated rings. The number of aliphatic hydroxyl groups excluding tert-OH is 1. The fourth-order valence-electron chi connectivity index (χ4n) is 3.23. The van der Waals surface area contributed by atoms with Gasteiger partial charge in [-0.1, -0.05) is 29.5 Å². The van der Waals surface area contributed by atoms with Gasteiger partial charge in [-0.25, -0.2) is 4.98 Å². The third kappa shape index (κ3) is 1.95. The molecule has 2 heterocycles. The van der Waals surface area contributed by atoms with Crippen LogP contribution in [0.1, 0.15) is 41.5 Å². The molecule has 0 saturated carbocycles. The Hall–Kier alpha value is -1.39. The van der Waals surface area contributed by atoms with Crippen LogP contribution in [0.3, 0.4) is 0 Å². The first-order valence-corrected chi connectivity index (χ1v) is 8.17. The number of hydrogen-bond acceptors (Lipinski definition) is 4. The van der Waals surface area contributed by atoms with Crippen molar-refractivity contribution in [1.29, 1.82) is 0 Å². The van der Waals surface area contributed by atoms with E-state index in [1.807, 2.05) is 0 Å². The Morgan fingerprint density at radius 1 is 1.20 bits per heavy atom. The van der Waals surface area contributed by atoms with Gasteiger partial charge < -0.3 is 10.0 Å². The number of anilines is 2. The van der Waals surface area contributed by atoms with Gasteiger partial charge in [-0.2, -0.15) is 0 Å². The van der Waals surface area contributed by atoms with E-state index in [2.05, 4.69) is 29.2 Å². The van der Waals surface area contributed by atoms with Crippen molar-refractivity contribution >= 4 is 22.2 Å². The van der Waals surface area contributed by atoms with Gasteiger partial charge in [0, 0.05) is 12.2 Å². The van der Waals surface area contributed by atoms with E-state index >= 15 is 0 Å². The topological polar surface area (TPSA) is 36.4 Å². The van der Waals surface area contributed by atoms with Gasteiger partial charge in [-0.05, 0) is 43.7 Å². The molecular formula is C16H18N2OS. The maximum atomic E-state index is 10.1. The molecule has 1 unspecified atom stereocenters. The van der Waals surface area contributed by atoms with Gasteiger partial charge in [0.05, 0.1) is 16.7 Å². The Morgan fingerprint density at radius 2 is 2.10 bits per heavy atom. The normalized spacial score (nSPS) is 21.4. The van der Waals surface area contributed by atoms with E-state index in [-0.39, 0.29) is 6.10 Å². The Kier molecular flexibility index (Phi) is 3.00. The van der Waals surface area contributed by atoms with Crippen molar-refractivity contribution in [2.45, 2.75) is 38.2 Å². The summed E-state index contributed by atoms with van der Waals surface area (Å²) in [6.45, 7) is 1.03. The predicted octanol–water partition coefficient (Wildman–Crippen LogP) is 3.60. The van der Waals surface area contributed by atoms with E-state index in [9.17, 15) is 5.11 Å². The standard InChI is InChI=1S/C16H18N2OS/c19-14-9-3-7-12-15(14)20-16(17-12)18-10-4-6-11-5-1-2-8-13(11)18/h1-2,5,8,14,19H,3-4,6-7,9-10H2. The molecule has 2 aromatic rings. The first-order chi connectivity index (χ1) is 9.83. The summed E-state index contributed by atoms with van der Waals surface area (Å²) in [6, 6.07) is 8.60. The molecule has 0 radical (unpaired) electrons. The van der Waals surface area contributed by atoms with E-state index < -0.39 is 0 Å². The van der Waals surface area contributed by atoms with Crippen LogP contribution in [0.2, 0.25) is 0 Å². The van der Waals surface area contributed by atoms with E-state index in [1.54, 1.807) is 11.3 Å². The van der Waals surface area contributed by atoms with Crippen molar-refractivity contribution < 1.29 is 5.11 Å². The van der Waals surface area contributed by atoms with Gasteiger partial charge in [-0.15, -0.1) is 0 Å². The van der Waals surface area contributed by atoms with Crippen molar-refractivity contribution in [2.24, 2.45) is 0 Å². The summed E-state index contributed by atoms with van der Waals surface area (Å²) < 4.78 is 0. The summed E-state index contributed by atoms with van der Waals surface area (Å²) in [5, 5.41) is 11.2. The number of hydrogen-bond donors (Lipinski definition) is 1. The molecule has 0 bridgehead atoms. The molecule has 0 amide bonds. The Morgan fingerprint density at radius 3 is 3.00 bits per heavy atom. The van der Waals surface area contributed by atoms with Crippen molar-refractivity contribution in [3.05, 3.63) is 40.4 Å². The van der Waals surface area contributed by atoms with E-state index in [0.717, 1.165) is 47.9 Å². The van der Waals surface area contributed by atoms with Gasteiger partial charge in [0.2, 0.25) is 0 Å². The number of nitrogens with zero attached hydrogens (tertiary/aromatic N) is 2. The summed E-state index contributed by atoms with van der Waals surface area (Å²) >= 11 is 1.68. The van der Waals surface area contributed by atoms with Crippen LogP contribution in [-0.2, 0) is 12.8 Å². The minimum Gasteiger partial charge on any atom is -0.388 e. The second-order valence-corrected chi connectivity index (χ2v) is 6.61. The summed E-state index contributed by atoms with van der Waals surface area (Å²) in [5.41, 5.74) is 3.82. The minimum absolute atomic E-state index is 0.301. The number of thiazole rings is 1. The highest BCUT2D eigenvalue weighted by atomic mass is 32.1. The molecule has 1 aromatic heterocycles. The van der Waals surface area contributed by atoms with Crippen molar-refractivity contribution in [1.82, 2.24) is 4.98 Å². The summed E-state index contributed by atoms with van der Waals surface area (Å²) in [4.78, 5) is 8.23. The maximum Gasteiger partial charge on any atom is 0.190 e. The second kappa shape index (κ2) is 4.86. The van der Waals surface area contributed by atoms with Gasteiger partial charge in [0.15, 0.2) is 5.13 Å². The van der Waals surface area contributed by atoms with Crippen LogP contribution in [0.5, 0.6) is 0 Å². The fourth-order valence-corrected chi connectivity index (χ4v) is 4.40. The molecule has 1 N–H and O–H groups in total. The van der Waals surface area contributed by atoms with Crippen LogP contribution in [0.15, 0.2) is 24.3 Å². The lowest BCUT2D eigenvalue weighted by molar-refractivity contribution is 0.160. The monoisotopic (exact) mass is 286 g/mol. The average Bonchev–Trinajstić information content (AvgIpc) is 2.92. The average molecular weight is 286 g/mol. The maximum absolute atomic E-state index is 10.1. The lowest BCUT2D eigenvalue weighted by Gasteiger charge is -2.28. The summed E-state index contributed by atoms with van der Waals surface area (Å²) in [6.07, 6.45) is 4.96. The number of benzene rings is 1. The highest BCUT2D eigenvalue weighted by Crippen LogP contribution is 2.41. The van der Waals surface area contributed by atoms with Gasteiger partial charge in [-0.3, -0.25) is 0 Å². The zero-order valence-electron chi connectivity index (χ0n) is 11.4. The van der Waals surface area contributed by atoms with Gasteiger partial charge in [0.1, 0.15) is 0 Å².